The van der Waals surface area contributed by atoms with Gasteiger partial charge in [0.05, 0.1) is 23.7 Å². The zero-order valence-corrected chi connectivity index (χ0v) is 15.6. The molecule has 1 unspecified atom stereocenters. The van der Waals surface area contributed by atoms with Crippen LogP contribution in [0, 0.1) is 0 Å². The van der Waals surface area contributed by atoms with Gasteiger partial charge in [-0.1, -0.05) is 0 Å². The number of carbonyl (C=O) groups is 1. The predicted octanol–water partition coefficient (Wildman–Crippen LogP) is 3.01. The van der Waals surface area contributed by atoms with Gasteiger partial charge in [0.25, 0.3) is 0 Å². The molecule has 0 spiro atoms. The largest absolute Gasteiger partial charge is 0.511 e. The number of hydrogen-bond acceptors (Lipinski definition) is 7. The summed E-state index contributed by atoms with van der Waals surface area (Å²) in [6, 6.07) is 3.07. The number of aliphatic hydroxyl groups excluding tert-OH is 1. The third-order valence-corrected chi connectivity index (χ3v) is 5.51. The average Bonchev–Trinajstić information content (AvgIpc) is 3.07. The van der Waals surface area contributed by atoms with Crippen molar-refractivity contribution in [3.05, 3.63) is 52.0 Å². The zero-order valence-electron chi connectivity index (χ0n) is 15.6. The minimum absolute atomic E-state index is 0.0484. The van der Waals surface area contributed by atoms with Crippen LogP contribution in [0.5, 0.6) is 17.2 Å². The lowest BCUT2D eigenvalue weighted by molar-refractivity contribution is -0.115. The Bertz CT molecular complexity index is 996. The van der Waals surface area contributed by atoms with Gasteiger partial charge in [-0.05, 0) is 31.6 Å². The summed E-state index contributed by atoms with van der Waals surface area (Å²) in [5.41, 5.74) is 1.83. The van der Waals surface area contributed by atoms with Gasteiger partial charge in [0, 0.05) is 23.6 Å². The van der Waals surface area contributed by atoms with Gasteiger partial charge < -0.3 is 29.2 Å². The van der Waals surface area contributed by atoms with Crippen molar-refractivity contribution in [1.29, 1.82) is 0 Å². The molecule has 0 saturated carbocycles. The van der Waals surface area contributed by atoms with Gasteiger partial charge in [-0.15, -0.1) is 0 Å². The molecule has 28 heavy (non-hydrogen) atoms. The summed E-state index contributed by atoms with van der Waals surface area (Å²) in [4.78, 5) is 12.8. The molecule has 3 heterocycles. The van der Waals surface area contributed by atoms with Crippen LogP contribution >= 0.6 is 0 Å². The minimum atomic E-state index is -0.677. The summed E-state index contributed by atoms with van der Waals surface area (Å²) in [5.74, 6) is 0.280. The Kier molecular flexibility index (Phi) is 3.55. The van der Waals surface area contributed by atoms with Crippen LogP contribution < -0.4 is 9.47 Å². The van der Waals surface area contributed by atoms with Gasteiger partial charge in [0.1, 0.15) is 23.9 Å². The van der Waals surface area contributed by atoms with E-state index in [4.69, 9.17) is 18.9 Å². The number of aliphatic hydroxyl groups is 1. The molecule has 0 amide bonds. The van der Waals surface area contributed by atoms with E-state index >= 15 is 0 Å². The molecule has 2 N–H and O–H groups in total. The number of aromatic hydroxyl groups is 1. The molecule has 7 heteroatoms. The number of hydrogen-bond donors (Lipinski definition) is 2. The van der Waals surface area contributed by atoms with Crippen molar-refractivity contribution < 1.29 is 34.0 Å². The lowest BCUT2D eigenvalue weighted by Gasteiger charge is -2.37. The van der Waals surface area contributed by atoms with Crippen LogP contribution in [-0.4, -0.2) is 41.6 Å². The summed E-state index contributed by atoms with van der Waals surface area (Å²) >= 11 is 0. The molecule has 1 aromatic rings. The number of benzene rings is 1. The van der Waals surface area contributed by atoms with Crippen LogP contribution in [0.25, 0.3) is 0 Å². The highest BCUT2D eigenvalue weighted by Crippen LogP contribution is 2.47. The van der Waals surface area contributed by atoms with Crippen molar-refractivity contribution >= 4 is 5.78 Å². The Balaban J connectivity index is 1.61. The first-order chi connectivity index (χ1) is 13.3. The Morgan fingerprint density at radius 2 is 1.86 bits per heavy atom. The van der Waals surface area contributed by atoms with E-state index in [2.05, 4.69) is 0 Å². The minimum Gasteiger partial charge on any atom is -0.511 e. The van der Waals surface area contributed by atoms with Gasteiger partial charge >= 0.3 is 0 Å². The van der Waals surface area contributed by atoms with Crippen LogP contribution in [0.1, 0.15) is 31.7 Å². The molecular weight excluding hydrogens is 364 g/mol. The number of Topliss-reactive ketones (excluding diaryl/α,β-unsaturated/α-hetero) is 1. The molecular formula is C21H20O7. The van der Waals surface area contributed by atoms with Crippen LogP contribution in [0.4, 0.5) is 0 Å². The second-order valence-corrected chi connectivity index (χ2v) is 7.86. The number of ketones is 1. The zero-order chi connectivity index (χ0) is 19.6. The van der Waals surface area contributed by atoms with Crippen molar-refractivity contribution in [1.82, 2.24) is 0 Å². The van der Waals surface area contributed by atoms with E-state index < -0.39 is 11.5 Å². The highest BCUT2D eigenvalue weighted by atomic mass is 16.7. The summed E-state index contributed by atoms with van der Waals surface area (Å²) < 4.78 is 22.4. The lowest BCUT2D eigenvalue weighted by atomic mass is 9.80. The highest BCUT2D eigenvalue weighted by molar-refractivity contribution is 6.04. The van der Waals surface area contributed by atoms with Gasteiger partial charge in [0.15, 0.2) is 17.3 Å². The van der Waals surface area contributed by atoms with Crippen molar-refractivity contribution in [3.8, 4) is 17.2 Å². The smallest absolute Gasteiger partial charge is 0.231 e. The van der Waals surface area contributed by atoms with Crippen LogP contribution in [0.3, 0.4) is 0 Å². The first-order valence-electron chi connectivity index (χ1n) is 9.15. The molecule has 0 radical (unpaired) electrons. The number of ether oxygens (including phenoxy) is 4. The molecule has 1 aliphatic carbocycles. The van der Waals surface area contributed by atoms with Gasteiger partial charge in [-0.25, -0.2) is 0 Å². The topological polar surface area (TPSA) is 94.5 Å². The molecule has 1 atom stereocenters. The molecule has 5 rings (SSSR count). The maximum absolute atomic E-state index is 12.8. The van der Waals surface area contributed by atoms with E-state index in [9.17, 15) is 15.0 Å². The molecule has 0 bridgehead atoms. The second kappa shape index (κ2) is 5.78. The van der Waals surface area contributed by atoms with Crippen molar-refractivity contribution in [2.24, 2.45) is 0 Å². The third kappa shape index (κ3) is 2.50. The number of allylic oxidation sites excluding steroid dienone is 1. The van der Waals surface area contributed by atoms with Crippen molar-refractivity contribution in [2.75, 3.05) is 20.0 Å². The van der Waals surface area contributed by atoms with Crippen LogP contribution in [0.2, 0.25) is 0 Å². The van der Waals surface area contributed by atoms with E-state index in [0.717, 1.165) is 11.1 Å². The normalized spacial score (nSPS) is 25.1. The summed E-state index contributed by atoms with van der Waals surface area (Å²) in [6.45, 7) is 4.36. The first-order valence-corrected chi connectivity index (χ1v) is 9.15. The maximum atomic E-state index is 12.8. The molecule has 0 fully saturated rings. The van der Waals surface area contributed by atoms with E-state index in [1.165, 1.54) is 6.07 Å². The second-order valence-electron chi connectivity index (χ2n) is 7.86. The Labute approximate surface area is 161 Å². The van der Waals surface area contributed by atoms with Crippen LogP contribution in [-0.2, 0) is 14.3 Å². The van der Waals surface area contributed by atoms with Gasteiger partial charge in [0.2, 0.25) is 6.79 Å². The monoisotopic (exact) mass is 384 g/mol. The van der Waals surface area contributed by atoms with E-state index in [0.29, 0.717) is 29.4 Å². The van der Waals surface area contributed by atoms with Gasteiger partial charge in [-0.3, -0.25) is 4.79 Å². The number of phenols is 1. The Hall–Kier alpha value is -2.93. The molecule has 0 saturated heterocycles. The van der Waals surface area contributed by atoms with Crippen molar-refractivity contribution in [2.45, 2.75) is 31.8 Å². The Morgan fingerprint density at radius 3 is 2.64 bits per heavy atom. The summed E-state index contributed by atoms with van der Waals surface area (Å²) in [7, 11) is 0. The molecule has 4 aliphatic rings. The fraction of sp³-hybridized carbons (Fsp3) is 0.381. The maximum Gasteiger partial charge on any atom is 0.231 e. The summed E-state index contributed by atoms with van der Waals surface area (Å²) in [6.07, 6.45) is 2.12. The van der Waals surface area contributed by atoms with E-state index in [1.807, 2.05) is 19.9 Å². The van der Waals surface area contributed by atoms with E-state index in [1.54, 1.807) is 6.07 Å². The molecule has 0 aromatic heterocycles. The number of rotatable bonds is 1. The first kappa shape index (κ1) is 17.2. The quantitative estimate of drug-likeness (QED) is 0.769. The Morgan fingerprint density at radius 1 is 1.11 bits per heavy atom. The number of carbonyl (C=O) groups excluding carboxylic acids is 1. The van der Waals surface area contributed by atoms with Crippen molar-refractivity contribution in [3.63, 3.8) is 0 Å². The average molecular weight is 384 g/mol. The van der Waals surface area contributed by atoms with Crippen LogP contribution in [0.15, 0.2) is 46.4 Å². The van der Waals surface area contributed by atoms with Gasteiger partial charge in [-0.2, -0.15) is 0 Å². The highest BCUT2D eigenvalue weighted by Gasteiger charge is 2.41. The molecule has 1 aromatic carbocycles. The lowest BCUT2D eigenvalue weighted by Crippen LogP contribution is -2.34. The third-order valence-electron chi connectivity index (χ3n) is 5.51. The molecule has 7 nitrogen and oxygen atoms in total. The predicted molar refractivity (Wildman–Crippen MR) is 97.3 cm³/mol. The molecule has 3 aliphatic heterocycles. The standard InChI is InChI=1S/C21H20O7/c1-21(2)6-10-3-15(23)18-19(24)13(7-25-20(18)12(10)8-28-21)11-4-16-17(5-14(11)22)27-9-26-16/h4-6,13,22,24H,3,7-9H2,1-2H3. The fourth-order valence-corrected chi connectivity index (χ4v) is 4.11. The number of fused-ring (bicyclic) bond motifs is 3. The fourth-order valence-electron chi connectivity index (χ4n) is 4.11. The van der Waals surface area contributed by atoms with E-state index in [-0.39, 0.29) is 42.7 Å². The number of phenolic OH excluding ortho intramolecular Hbond substituents is 1. The SMILES string of the molecule is CC1(C)C=C2CC(=O)C3=C(O)C(c4cc5c(cc4O)OCO5)COC3=C2CO1. The summed E-state index contributed by atoms with van der Waals surface area (Å²) in [5, 5.41) is 21.4. The molecule has 146 valence electrons.